The third kappa shape index (κ3) is 4.55. The monoisotopic (exact) mass is 399 g/mol. The summed E-state index contributed by atoms with van der Waals surface area (Å²) in [6.07, 6.45) is 0. The Bertz CT molecular complexity index is 857. The van der Waals surface area contributed by atoms with Crippen LogP contribution in [0.1, 0.15) is 10.5 Å². The topological polar surface area (TPSA) is 45.7 Å². The van der Waals surface area contributed by atoms with Gasteiger partial charge in [0.1, 0.15) is 23.1 Å². The predicted molar refractivity (Wildman–Crippen MR) is 110 cm³/mol. The van der Waals surface area contributed by atoms with Crippen LogP contribution in [0, 0.1) is 0 Å². The Labute approximate surface area is 166 Å². The lowest BCUT2D eigenvalue weighted by Gasteiger charge is -2.34. The first-order valence-electron chi connectivity index (χ1n) is 8.98. The molecule has 4 rings (SSSR count). The first-order valence-corrected chi connectivity index (χ1v) is 10.7. The summed E-state index contributed by atoms with van der Waals surface area (Å²) in [7, 11) is 0. The molecule has 0 radical (unpaired) electrons. The summed E-state index contributed by atoms with van der Waals surface area (Å²) in [4.78, 5) is 22.6. The van der Waals surface area contributed by atoms with Gasteiger partial charge >= 0.3 is 0 Å². The van der Waals surface area contributed by atoms with E-state index in [0.29, 0.717) is 12.3 Å². The molecule has 0 unspecified atom stereocenters. The number of para-hydroxylation sites is 1. The van der Waals surface area contributed by atoms with E-state index in [1.54, 1.807) is 11.3 Å². The van der Waals surface area contributed by atoms with Gasteiger partial charge in [-0.1, -0.05) is 24.3 Å². The van der Waals surface area contributed by atoms with Crippen LogP contribution < -0.4 is 4.74 Å². The van der Waals surface area contributed by atoms with Gasteiger partial charge in [-0.25, -0.2) is 4.98 Å². The van der Waals surface area contributed by atoms with E-state index in [1.165, 1.54) is 11.3 Å². The van der Waals surface area contributed by atoms with Crippen molar-refractivity contribution in [2.24, 2.45) is 0 Å². The molecule has 1 amide bonds. The molecule has 1 saturated heterocycles. The highest BCUT2D eigenvalue weighted by Crippen LogP contribution is 2.28. The third-order valence-corrected chi connectivity index (χ3v) is 6.42. The number of carbonyl (C=O) groups excluding carboxylic acids is 1. The zero-order valence-corrected chi connectivity index (χ0v) is 16.5. The van der Waals surface area contributed by atoms with E-state index in [-0.39, 0.29) is 5.91 Å². The summed E-state index contributed by atoms with van der Waals surface area (Å²) in [5, 5.41) is 4.82. The van der Waals surface area contributed by atoms with Gasteiger partial charge < -0.3 is 9.64 Å². The minimum Gasteiger partial charge on any atom is -0.492 e. The molecule has 3 heterocycles. The number of benzene rings is 1. The molecule has 5 nitrogen and oxygen atoms in total. The number of amides is 1. The molecule has 7 heteroatoms. The van der Waals surface area contributed by atoms with Gasteiger partial charge in [-0.15, -0.1) is 22.7 Å². The van der Waals surface area contributed by atoms with Crippen molar-refractivity contribution in [3.8, 4) is 15.6 Å². The molecule has 0 N–H and O–H groups in total. The van der Waals surface area contributed by atoms with Crippen LogP contribution in [0.15, 0.2) is 53.2 Å². The van der Waals surface area contributed by atoms with Crippen molar-refractivity contribution in [2.45, 2.75) is 0 Å². The van der Waals surface area contributed by atoms with E-state index in [4.69, 9.17) is 4.74 Å². The molecule has 1 aliphatic heterocycles. The molecule has 140 valence electrons. The molecule has 0 spiro atoms. The second kappa shape index (κ2) is 8.65. The van der Waals surface area contributed by atoms with Crippen LogP contribution in [-0.4, -0.2) is 60.0 Å². The van der Waals surface area contributed by atoms with Gasteiger partial charge in [0.15, 0.2) is 0 Å². The molecule has 27 heavy (non-hydrogen) atoms. The van der Waals surface area contributed by atoms with Gasteiger partial charge in [0, 0.05) is 38.1 Å². The second-order valence-electron chi connectivity index (χ2n) is 6.31. The first kappa shape index (κ1) is 18.2. The zero-order valence-electron chi connectivity index (χ0n) is 14.9. The summed E-state index contributed by atoms with van der Waals surface area (Å²) in [6.45, 7) is 4.73. The highest BCUT2D eigenvalue weighted by atomic mass is 32.1. The van der Waals surface area contributed by atoms with Crippen molar-refractivity contribution in [3.05, 3.63) is 58.9 Å². The number of rotatable bonds is 6. The Balaban J connectivity index is 1.24. The van der Waals surface area contributed by atoms with Crippen LogP contribution in [0.2, 0.25) is 0 Å². The Kier molecular flexibility index (Phi) is 5.81. The fraction of sp³-hybridized carbons (Fsp3) is 0.300. The Hall–Kier alpha value is -2.22. The molecule has 0 bridgehead atoms. The number of hydrogen-bond donors (Lipinski definition) is 0. The largest absolute Gasteiger partial charge is 0.492 e. The van der Waals surface area contributed by atoms with Crippen LogP contribution in [-0.2, 0) is 0 Å². The van der Waals surface area contributed by atoms with E-state index in [9.17, 15) is 4.79 Å². The lowest BCUT2D eigenvalue weighted by atomic mass is 10.3. The Morgan fingerprint density at radius 3 is 2.59 bits per heavy atom. The highest BCUT2D eigenvalue weighted by molar-refractivity contribution is 7.20. The lowest BCUT2D eigenvalue weighted by Crippen LogP contribution is -2.49. The number of carbonyl (C=O) groups is 1. The minimum atomic E-state index is 0.0363. The number of aromatic nitrogens is 1. The van der Waals surface area contributed by atoms with E-state index in [2.05, 4.69) is 9.88 Å². The van der Waals surface area contributed by atoms with E-state index in [1.807, 2.05) is 58.1 Å². The molecular formula is C20H21N3O2S2. The van der Waals surface area contributed by atoms with Crippen molar-refractivity contribution in [3.63, 3.8) is 0 Å². The van der Waals surface area contributed by atoms with Gasteiger partial charge in [-0.05, 0) is 23.6 Å². The van der Waals surface area contributed by atoms with Gasteiger partial charge in [0.2, 0.25) is 0 Å². The number of thiophene rings is 1. The highest BCUT2D eigenvalue weighted by Gasteiger charge is 2.24. The summed E-state index contributed by atoms with van der Waals surface area (Å²) in [6, 6.07) is 13.9. The van der Waals surface area contributed by atoms with E-state index >= 15 is 0 Å². The first-order chi connectivity index (χ1) is 13.3. The molecule has 0 saturated carbocycles. The number of nitrogens with zero attached hydrogens (tertiary/aromatic N) is 3. The maximum absolute atomic E-state index is 12.7. The average molecular weight is 400 g/mol. The second-order valence-corrected chi connectivity index (χ2v) is 8.12. The molecule has 0 atom stereocenters. The number of piperazine rings is 1. The van der Waals surface area contributed by atoms with E-state index < -0.39 is 0 Å². The normalized spacial score (nSPS) is 15.0. The quantitative estimate of drug-likeness (QED) is 0.634. The lowest BCUT2D eigenvalue weighted by molar-refractivity contribution is 0.0615. The van der Waals surface area contributed by atoms with Gasteiger partial charge in [-0.3, -0.25) is 9.69 Å². The SMILES string of the molecule is O=C(c1csc(-c2cccs2)n1)N1CCN(CCOc2ccccc2)CC1. The maximum atomic E-state index is 12.7. The van der Waals surface area contributed by atoms with Crippen LogP contribution >= 0.6 is 22.7 Å². The van der Waals surface area contributed by atoms with Crippen LogP contribution in [0.5, 0.6) is 5.75 Å². The van der Waals surface area contributed by atoms with E-state index in [0.717, 1.165) is 48.4 Å². The summed E-state index contributed by atoms with van der Waals surface area (Å²) in [5.41, 5.74) is 0.560. The van der Waals surface area contributed by atoms with Gasteiger partial charge in [0.05, 0.1) is 4.88 Å². The molecular weight excluding hydrogens is 378 g/mol. The standard InChI is InChI=1S/C20H21N3O2S2/c24-20(17-15-27-19(21-17)18-7-4-14-26-18)23-10-8-22(9-11-23)12-13-25-16-5-2-1-3-6-16/h1-7,14-15H,8-13H2. The molecule has 3 aromatic rings. The summed E-state index contributed by atoms with van der Waals surface area (Å²) >= 11 is 3.18. The predicted octanol–water partition coefficient (Wildman–Crippen LogP) is 3.71. The molecule has 0 aliphatic carbocycles. The van der Waals surface area contributed by atoms with Crippen molar-refractivity contribution >= 4 is 28.6 Å². The average Bonchev–Trinajstić information content (AvgIpc) is 3.41. The van der Waals surface area contributed by atoms with Crippen molar-refractivity contribution in [1.82, 2.24) is 14.8 Å². The Morgan fingerprint density at radius 1 is 1.04 bits per heavy atom. The van der Waals surface area contributed by atoms with Gasteiger partial charge in [-0.2, -0.15) is 0 Å². The molecule has 1 fully saturated rings. The molecule has 1 aromatic carbocycles. The van der Waals surface area contributed by atoms with Crippen molar-refractivity contribution in [1.29, 1.82) is 0 Å². The summed E-state index contributed by atoms with van der Waals surface area (Å²) < 4.78 is 5.76. The van der Waals surface area contributed by atoms with Crippen molar-refractivity contribution < 1.29 is 9.53 Å². The number of hydrogen-bond acceptors (Lipinski definition) is 6. The van der Waals surface area contributed by atoms with Crippen LogP contribution in [0.25, 0.3) is 9.88 Å². The molecule has 2 aromatic heterocycles. The minimum absolute atomic E-state index is 0.0363. The van der Waals surface area contributed by atoms with Gasteiger partial charge in [0.25, 0.3) is 5.91 Å². The number of ether oxygens (including phenoxy) is 1. The van der Waals surface area contributed by atoms with Crippen LogP contribution in [0.4, 0.5) is 0 Å². The fourth-order valence-electron chi connectivity index (χ4n) is 3.03. The third-order valence-electron chi connectivity index (χ3n) is 4.53. The maximum Gasteiger partial charge on any atom is 0.273 e. The number of thiazole rings is 1. The fourth-order valence-corrected chi connectivity index (χ4v) is 4.64. The molecule has 1 aliphatic rings. The van der Waals surface area contributed by atoms with Crippen LogP contribution in [0.3, 0.4) is 0 Å². The Morgan fingerprint density at radius 2 is 1.85 bits per heavy atom. The smallest absolute Gasteiger partial charge is 0.273 e. The summed E-state index contributed by atoms with van der Waals surface area (Å²) in [5.74, 6) is 0.936. The zero-order chi connectivity index (χ0) is 18.5. The van der Waals surface area contributed by atoms with Crippen molar-refractivity contribution in [2.75, 3.05) is 39.3 Å².